The van der Waals surface area contributed by atoms with Gasteiger partial charge in [-0.1, -0.05) is 18.2 Å². The summed E-state index contributed by atoms with van der Waals surface area (Å²) >= 11 is 0. The molecule has 0 bridgehead atoms. The summed E-state index contributed by atoms with van der Waals surface area (Å²) in [6.07, 6.45) is 1.09. The van der Waals surface area contributed by atoms with Crippen molar-refractivity contribution in [3.8, 4) is 5.75 Å². The third-order valence-electron chi connectivity index (χ3n) is 3.59. The number of nitrogens with zero attached hydrogens (tertiary/aromatic N) is 1. The summed E-state index contributed by atoms with van der Waals surface area (Å²) in [4.78, 5) is 12.7. The Morgan fingerprint density at radius 3 is 2.46 bits per heavy atom. The summed E-state index contributed by atoms with van der Waals surface area (Å²) in [5.41, 5.74) is 2.06. The number of methoxy groups -OCH3 is 1. The average molecular weight is 348 g/mol. The lowest BCUT2D eigenvalue weighted by Gasteiger charge is -2.20. The number of aryl methyl sites for hydroxylation is 1. The molecule has 7 heteroatoms. The van der Waals surface area contributed by atoms with E-state index in [1.54, 1.807) is 36.4 Å². The largest absolute Gasteiger partial charge is 0.495 e. The number of nitrogens with one attached hydrogen (secondary N) is 1. The monoisotopic (exact) mass is 348 g/mol. The first-order valence-electron chi connectivity index (χ1n) is 7.23. The summed E-state index contributed by atoms with van der Waals surface area (Å²) in [6, 6.07) is 12.0. The Labute approximate surface area is 142 Å². The van der Waals surface area contributed by atoms with Crippen LogP contribution >= 0.6 is 0 Å². The fourth-order valence-electron chi connectivity index (χ4n) is 2.23. The molecule has 0 spiro atoms. The van der Waals surface area contributed by atoms with Gasteiger partial charge in [-0.15, -0.1) is 0 Å². The Kier molecular flexibility index (Phi) is 5.14. The van der Waals surface area contributed by atoms with Crippen molar-refractivity contribution in [3.05, 3.63) is 53.6 Å². The summed E-state index contributed by atoms with van der Waals surface area (Å²) in [5, 5.41) is 2.78. The van der Waals surface area contributed by atoms with Gasteiger partial charge >= 0.3 is 0 Å². The fourth-order valence-corrected chi connectivity index (χ4v) is 2.74. The molecule has 1 N–H and O–H groups in total. The van der Waals surface area contributed by atoms with E-state index in [0.717, 1.165) is 16.1 Å². The van der Waals surface area contributed by atoms with Crippen molar-refractivity contribution in [2.75, 3.05) is 30.0 Å². The van der Waals surface area contributed by atoms with Crippen LogP contribution in [0.25, 0.3) is 0 Å². The van der Waals surface area contributed by atoms with Crippen LogP contribution in [-0.4, -0.2) is 34.7 Å². The van der Waals surface area contributed by atoms with E-state index in [-0.39, 0.29) is 5.56 Å². The number of amides is 1. The number of rotatable bonds is 5. The molecular formula is C17H20N2O4S. The summed E-state index contributed by atoms with van der Waals surface area (Å²) in [6.45, 7) is 1.90. The molecular weight excluding hydrogens is 328 g/mol. The normalized spacial score (nSPS) is 11.0. The van der Waals surface area contributed by atoms with Crippen LogP contribution < -0.4 is 14.4 Å². The van der Waals surface area contributed by atoms with E-state index in [1.165, 1.54) is 14.2 Å². The SMILES string of the molecule is COc1ccc(C)cc1NC(=O)c1ccccc1N(C)S(C)(=O)=O. The second-order valence-corrected chi connectivity index (χ2v) is 7.42. The van der Waals surface area contributed by atoms with Crippen LogP contribution in [0.2, 0.25) is 0 Å². The molecule has 1 amide bonds. The smallest absolute Gasteiger partial charge is 0.257 e. The lowest BCUT2D eigenvalue weighted by Crippen LogP contribution is -2.27. The van der Waals surface area contributed by atoms with E-state index in [9.17, 15) is 13.2 Å². The van der Waals surface area contributed by atoms with Crippen LogP contribution in [0.5, 0.6) is 5.75 Å². The van der Waals surface area contributed by atoms with Crippen molar-refractivity contribution in [1.82, 2.24) is 0 Å². The highest BCUT2D eigenvalue weighted by Gasteiger charge is 2.20. The third kappa shape index (κ3) is 3.86. The van der Waals surface area contributed by atoms with Crippen LogP contribution in [0, 0.1) is 6.92 Å². The van der Waals surface area contributed by atoms with E-state index in [1.807, 2.05) is 13.0 Å². The maximum Gasteiger partial charge on any atom is 0.257 e. The minimum absolute atomic E-state index is 0.258. The predicted molar refractivity (Wildman–Crippen MR) is 95.4 cm³/mol. The third-order valence-corrected chi connectivity index (χ3v) is 4.78. The van der Waals surface area contributed by atoms with Crippen LogP contribution in [0.15, 0.2) is 42.5 Å². The maximum absolute atomic E-state index is 12.7. The molecule has 24 heavy (non-hydrogen) atoms. The van der Waals surface area contributed by atoms with Gasteiger partial charge in [-0.3, -0.25) is 9.10 Å². The van der Waals surface area contributed by atoms with Crippen LogP contribution in [-0.2, 0) is 10.0 Å². The summed E-state index contributed by atoms with van der Waals surface area (Å²) in [5.74, 6) is 0.118. The van der Waals surface area contributed by atoms with Gasteiger partial charge in [0.05, 0.1) is 30.3 Å². The molecule has 128 valence electrons. The molecule has 0 aliphatic carbocycles. The van der Waals surface area contributed by atoms with Gasteiger partial charge in [0.1, 0.15) is 5.75 Å². The zero-order valence-corrected chi connectivity index (χ0v) is 14.8. The van der Waals surface area contributed by atoms with Gasteiger partial charge in [-0.25, -0.2) is 8.42 Å². The van der Waals surface area contributed by atoms with Gasteiger partial charge in [0.25, 0.3) is 5.91 Å². The van der Waals surface area contributed by atoms with Crippen molar-refractivity contribution >= 4 is 27.3 Å². The first-order valence-corrected chi connectivity index (χ1v) is 9.08. The van der Waals surface area contributed by atoms with Crippen molar-refractivity contribution in [2.24, 2.45) is 0 Å². The molecule has 2 aromatic carbocycles. The van der Waals surface area contributed by atoms with Crippen LogP contribution in [0.3, 0.4) is 0 Å². The maximum atomic E-state index is 12.7. The number of benzene rings is 2. The first kappa shape index (κ1) is 17.8. The van der Waals surface area contributed by atoms with Crippen molar-refractivity contribution in [1.29, 1.82) is 0 Å². The van der Waals surface area contributed by atoms with Crippen molar-refractivity contribution in [3.63, 3.8) is 0 Å². The average Bonchev–Trinajstić information content (AvgIpc) is 2.53. The zero-order chi connectivity index (χ0) is 17.9. The van der Waals surface area contributed by atoms with E-state index < -0.39 is 15.9 Å². The molecule has 0 aromatic heterocycles. The zero-order valence-electron chi connectivity index (χ0n) is 14.0. The van der Waals surface area contributed by atoms with Crippen molar-refractivity contribution in [2.45, 2.75) is 6.92 Å². The molecule has 0 unspecified atom stereocenters. The molecule has 6 nitrogen and oxygen atoms in total. The highest BCUT2D eigenvalue weighted by Crippen LogP contribution is 2.27. The second kappa shape index (κ2) is 6.92. The van der Waals surface area contributed by atoms with Gasteiger partial charge in [-0.2, -0.15) is 0 Å². The number of hydrogen-bond acceptors (Lipinski definition) is 4. The lowest BCUT2D eigenvalue weighted by molar-refractivity contribution is 0.102. The molecule has 0 fully saturated rings. The minimum Gasteiger partial charge on any atom is -0.495 e. The van der Waals surface area contributed by atoms with Crippen LogP contribution in [0.4, 0.5) is 11.4 Å². The van der Waals surface area contributed by atoms with E-state index in [2.05, 4.69) is 5.32 Å². The molecule has 0 atom stereocenters. The second-order valence-electron chi connectivity index (χ2n) is 5.41. The fraction of sp³-hybridized carbons (Fsp3) is 0.235. The number of anilines is 2. The van der Waals surface area contributed by atoms with Gasteiger partial charge in [0.2, 0.25) is 10.0 Å². The number of carbonyl (C=O) groups excluding carboxylic acids is 1. The van der Waals surface area contributed by atoms with E-state index >= 15 is 0 Å². The minimum atomic E-state index is -3.48. The summed E-state index contributed by atoms with van der Waals surface area (Å²) < 4.78 is 29.9. The quantitative estimate of drug-likeness (QED) is 0.901. The first-order chi connectivity index (χ1) is 11.2. The van der Waals surface area contributed by atoms with Gasteiger partial charge in [0.15, 0.2) is 0 Å². The number of ether oxygens (including phenoxy) is 1. The Morgan fingerprint density at radius 1 is 1.17 bits per heavy atom. The Hall–Kier alpha value is -2.54. The molecule has 0 saturated heterocycles. The molecule has 0 radical (unpaired) electrons. The molecule has 2 aromatic rings. The van der Waals surface area contributed by atoms with E-state index in [0.29, 0.717) is 17.1 Å². The standard InChI is InChI=1S/C17H20N2O4S/c1-12-9-10-16(23-3)14(11-12)18-17(20)13-7-5-6-8-15(13)19(2)24(4,21)22/h5-11H,1-4H3,(H,18,20). The summed E-state index contributed by atoms with van der Waals surface area (Å²) in [7, 11) is -0.545. The number of sulfonamides is 1. The number of para-hydroxylation sites is 1. The van der Waals surface area contributed by atoms with Gasteiger partial charge < -0.3 is 10.1 Å². The predicted octanol–water partition coefficient (Wildman–Crippen LogP) is 2.65. The highest BCUT2D eigenvalue weighted by atomic mass is 32.2. The Morgan fingerprint density at radius 2 is 1.83 bits per heavy atom. The Balaban J connectivity index is 2.40. The van der Waals surface area contributed by atoms with Crippen molar-refractivity contribution < 1.29 is 17.9 Å². The topological polar surface area (TPSA) is 75.7 Å². The Bertz CT molecular complexity index is 863. The lowest BCUT2D eigenvalue weighted by atomic mass is 10.1. The van der Waals surface area contributed by atoms with Gasteiger partial charge in [-0.05, 0) is 36.8 Å². The van der Waals surface area contributed by atoms with Gasteiger partial charge in [0, 0.05) is 7.05 Å². The number of hydrogen-bond donors (Lipinski definition) is 1. The molecule has 0 saturated carbocycles. The van der Waals surface area contributed by atoms with E-state index in [4.69, 9.17) is 4.74 Å². The molecule has 2 rings (SSSR count). The molecule has 0 aliphatic rings. The highest BCUT2D eigenvalue weighted by molar-refractivity contribution is 7.92. The number of carbonyl (C=O) groups is 1. The van der Waals surface area contributed by atoms with Crippen LogP contribution in [0.1, 0.15) is 15.9 Å². The molecule has 0 aliphatic heterocycles. The molecule has 0 heterocycles.